The molecule has 3 aromatic rings. The van der Waals surface area contributed by atoms with Crippen LogP contribution < -0.4 is 0 Å². The van der Waals surface area contributed by atoms with Gasteiger partial charge < -0.3 is 9.32 Å². The van der Waals surface area contributed by atoms with Crippen LogP contribution in [0.15, 0.2) is 70.3 Å². The first-order valence-corrected chi connectivity index (χ1v) is 10.7. The molecule has 0 unspecified atom stereocenters. The number of aromatic nitrogens is 1. The van der Waals surface area contributed by atoms with Gasteiger partial charge in [0.2, 0.25) is 5.91 Å². The van der Waals surface area contributed by atoms with Crippen molar-refractivity contribution in [2.45, 2.75) is 25.0 Å². The Kier molecular flexibility index (Phi) is 5.81. The van der Waals surface area contributed by atoms with Crippen molar-refractivity contribution in [2.24, 2.45) is 5.92 Å². The summed E-state index contributed by atoms with van der Waals surface area (Å²) in [6.45, 7) is 3.97. The summed E-state index contributed by atoms with van der Waals surface area (Å²) in [7, 11) is 0. The van der Waals surface area contributed by atoms with E-state index in [2.05, 4.69) is 6.92 Å². The van der Waals surface area contributed by atoms with E-state index in [0.29, 0.717) is 16.9 Å². The molecule has 0 atom stereocenters. The molecule has 1 aliphatic heterocycles. The Morgan fingerprint density at radius 3 is 2.29 bits per heavy atom. The summed E-state index contributed by atoms with van der Waals surface area (Å²) in [5.74, 6) is 1.98. The van der Waals surface area contributed by atoms with Crippen LogP contribution in [0.3, 0.4) is 0 Å². The fourth-order valence-corrected chi connectivity index (χ4v) is 4.14. The van der Waals surface area contributed by atoms with Gasteiger partial charge in [0.25, 0.3) is 5.22 Å². The molecule has 4 nitrogen and oxygen atoms in total. The highest BCUT2D eigenvalue weighted by Gasteiger charge is 2.22. The van der Waals surface area contributed by atoms with E-state index in [-0.39, 0.29) is 5.91 Å². The number of benzene rings is 2. The molecule has 1 fully saturated rings. The Morgan fingerprint density at radius 2 is 1.64 bits per heavy atom. The normalized spacial score (nSPS) is 15.0. The molecular formula is C23H24N2O2S. The lowest BCUT2D eigenvalue weighted by Crippen LogP contribution is -2.38. The van der Waals surface area contributed by atoms with Crippen LogP contribution >= 0.6 is 11.8 Å². The van der Waals surface area contributed by atoms with Crippen molar-refractivity contribution in [1.82, 2.24) is 9.88 Å². The number of nitrogens with zero attached hydrogens (tertiary/aromatic N) is 2. The van der Waals surface area contributed by atoms with Gasteiger partial charge in [-0.1, -0.05) is 79.3 Å². The summed E-state index contributed by atoms with van der Waals surface area (Å²) in [5.41, 5.74) is 2.80. The fraction of sp³-hybridized carbons (Fsp3) is 0.304. The monoisotopic (exact) mass is 392 g/mol. The van der Waals surface area contributed by atoms with Crippen LogP contribution in [0.4, 0.5) is 0 Å². The van der Waals surface area contributed by atoms with Crippen molar-refractivity contribution in [2.75, 3.05) is 18.8 Å². The largest absolute Gasteiger partial charge is 0.431 e. The highest BCUT2D eigenvalue weighted by molar-refractivity contribution is 7.99. The van der Waals surface area contributed by atoms with Crippen molar-refractivity contribution >= 4 is 17.7 Å². The molecule has 4 rings (SSSR count). The molecule has 0 bridgehead atoms. The van der Waals surface area contributed by atoms with E-state index in [1.165, 1.54) is 11.8 Å². The zero-order valence-electron chi connectivity index (χ0n) is 16.0. The maximum atomic E-state index is 12.5. The molecular weight excluding hydrogens is 368 g/mol. The maximum absolute atomic E-state index is 12.5. The molecule has 2 heterocycles. The number of oxazole rings is 1. The van der Waals surface area contributed by atoms with Crippen LogP contribution in [0, 0.1) is 5.92 Å². The molecule has 0 saturated carbocycles. The van der Waals surface area contributed by atoms with E-state index in [1.54, 1.807) is 0 Å². The minimum atomic E-state index is 0.164. The second-order valence-electron chi connectivity index (χ2n) is 7.24. The maximum Gasteiger partial charge on any atom is 0.257 e. The number of hydrogen-bond acceptors (Lipinski definition) is 4. The Morgan fingerprint density at radius 1 is 1.04 bits per heavy atom. The lowest BCUT2D eigenvalue weighted by Gasteiger charge is -2.30. The van der Waals surface area contributed by atoms with E-state index in [9.17, 15) is 4.79 Å². The van der Waals surface area contributed by atoms with E-state index in [0.717, 1.165) is 48.5 Å². The Hall–Kier alpha value is -2.53. The van der Waals surface area contributed by atoms with Gasteiger partial charge in [-0.05, 0) is 18.8 Å². The average Bonchev–Trinajstić information content (AvgIpc) is 3.18. The zero-order chi connectivity index (χ0) is 19.3. The Labute approximate surface area is 170 Å². The molecule has 28 heavy (non-hydrogen) atoms. The highest BCUT2D eigenvalue weighted by atomic mass is 32.2. The van der Waals surface area contributed by atoms with Crippen LogP contribution in [0.25, 0.3) is 22.6 Å². The van der Waals surface area contributed by atoms with Crippen LogP contribution in [0.2, 0.25) is 0 Å². The highest BCUT2D eigenvalue weighted by Crippen LogP contribution is 2.35. The average molecular weight is 393 g/mol. The molecule has 144 valence electrons. The topological polar surface area (TPSA) is 46.3 Å². The lowest BCUT2D eigenvalue weighted by molar-refractivity contribution is -0.129. The predicted molar refractivity (Wildman–Crippen MR) is 113 cm³/mol. The number of amides is 1. The second kappa shape index (κ2) is 8.65. The van der Waals surface area contributed by atoms with Crippen molar-refractivity contribution in [3.63, 3.8) is 0 Å². The summed E-state index contributed by atoms with van der Waals surface area (Å²) >= 11 is 1.38. The molecule has 1 saturated heterocycles. The summed E-state index contributed by atoms with van der Waals surface area (Å²) in [6.07, 6.45) is 2.18. The third kappa shape index (κ3) is 4.30. The molecule has 1 aliphatic rings. The van der Waals surface area contributed by atoms with Crippen molar-refractivity contribution < 1.29 is 9.21 Å². The minimum Gasteiger partial charge on any atom is -0.431 e. The third-order valence-corrected chi connectivity index (χ3v) is 5.96. The molecule has 1 aromatic heterocycles. The quantitative estimate of drug-likeness (QED) is 0.549. The van der Waals surface area contributed by atoms with Crippen molar-refractivity contribution in [1.29, 1.82) is 0 Å². The molecule has 5 heteroatoms. The number of piperidine rings is 1. The second-order valence-corrected chi connectivity index (χ2v) is 8.17. The Bertz CT molecular complexity index is 859. The van der Waals surface area contributed by atoms with Gasteiger partial charge in [0.05, 0.1) is 5.75 Å². The van der Waals surface area contributed by atoms with Gasteiger partial charge in [0.1, 0.15) is 5.69 Å². The standard InChI is InChI=1S/C23H24N2O2S/c1-17-12-14-25(15-13-17)20(26)16-28-23-24-21(18-8-4-2-5-9-18)22(27-23)19-10-6-3-7-11-19/h2-11,17H,12-16H2,1H3. The predicted octanol–water partition coefficient (Wildman–Crippen LogP) is 5.36. The molecule has 0 spiro atoms. The number of rotatable bonds is 5. The molecule has 0 radical (unpaired) electrons. The first-order valence-electron chi connectivity index (χ1n) is 9.73. The molecule has 2 aromatic carbocycles. The van der Waals surface area contributed by atoms with E-state index in [4.69, 9.17) is 9.40 Å². The smallest absolute Gasteiger partial charge is 0.257 e. The number of likely N-dealkylation sites (tertiary alicyclic amines) is 1. The van der Waals surface area contributed by atoms with Gasteiger partial charge in [0, 0.05) is 24.2 Å². The molecule has 1 amide bonds. The van der Waals surface area contributed by atoms with Crippen LogP contribution in [0.5, 0.6) is 0 Å². The zero-order valence-corrected chi connectivity index (χ0v) is 16.8. The Balaban J connectivity index is 1.53. The molecule has 0 N–H and O–H groups in total. The van der Waals surface area contributed by atoms with Gasteiger partial charge in [-0.25, -0.2) is 4.98 Å². The van der Waals surface area contributed by atoms with Crippen molar-refractivity contribution in [3.8, 4) is 22.6 Å². The lowest BCUT2D eigenvalue weighted by atomic mass is 9.99. The van der Waals surface area contributed by atoms with Gasteiger partial charge >= 0.3 is 0 Å². The third-order valence-electron chi connectivity index (χ3n) is 5.15. The summed E-state index contributed by atoms with van der Waals surface area (Å²) in [6, 6.07) is 20.0. The SMILES string of the molecule is CC1CCN(C(=O)CSc2nc(-c3ccccc3)c(-c3ccccc3)o2)CC1. The summed E-state index contributed by atoms with van der Waals surface area (Å²) < 4.78 is 6.09. The van der Waals surface area contributed by atoms with Crippen LogP contribution in [0.1, 0.15) is 19.8 Å². The number of thioether (sulfide) groups is 1. The van der Waals surface area contributed by atoms with Crippen molar-refractivity contribution in [3.05, 3.63) is 60.7 Å². The first-order chi connectivity index (χ1) is 13.7. The number of hydrogen-bond donors (Lipinski definition) is 0. The first kappa shape index (κ1) is 18.8. The van der Waals surface area contributed by atoms with Gasteiger partial charge in [-0.2, -0.15) is 0 Å². The van der Waals surface area contributed by atoms with Gasteiger partial charge in [-0.3, -0.25) is 4.79 Å². The van der Waals surface area contributed by atoms with Crippen LogP contribution in [-0.2, 0) is 4.79 Å². The van der Waals surface area contributed by atoms with E-state index in [1.807, 2.05) is 65.6 Å². The fourth-order valence-electron chi connectivity index (χ4n) is 3.41. The number of carbonyl (C=O) groups is 1. The summed E-state index contributed by atoms with van der Waals surface area (Å²) in [4.78, 5) is 19.2. The summed E-state index contributed by atoms with van der Waals surface area (Å²) in [5, 5.41) is 0.538. The minimum absolute atomic E-state index is 0.164. The number of carbonyl (C=O) groups excluding carboxylic acids is 1. The molecule has 0 aliphatic carbocycles. The van der Waals surface area contributed by atoms with Gasteiger partial charge in [0.15, 0.2) is 5.76 Å². The van der Waals surface area contributed by atoms with E-state index < -0.39 is 0 Å². The van der Waals surface area contributed by atoms with E-state index >= 15 is 0 Å². The van der Waals surface area contributed by atoms with Crippen LogP contribution in [-0.4, -0.2) is 34.6 Å². The van der Waals surface area contributed by atoms with Gasteiger partial charge in [-0.15, -0.1) is 0 Å².